The number of aryl methyl sites for hydroxylation is 2. The number of rotatable bonds is 6. The maximum absolute atomic E-state index is 12.9. The predicted octanol–water partition coefficient (Wildman–Crippen LogP) is 3.78. The molecule has 152 valence electrons. The van der Waals surface area contributed by atoms with Gasteiger partial charge in [0.2, 0.25) is 5.91 Å². The van der Waals surface area contributed by atoms with Crippen LogP contribution in [-0.4, -0.2) is 43.7 Å². The standard InChI is InChI=1S/C24H28N2O3/c1-17-8-9-21-20(16-29-24(21)18(17)2)14-23(27)25-22(19-6-4-3-5-7-19)15-26-10-12-28-13-11-26/h3-9,16,22H,10-15H2,1-2H3,(H,25,27). The van der Waals surface area contributed by atoms with E-state index < -0.39 is 0 Å². The van der Waals surface area contributed by atoms with E-state index in [9.17, 15) is 4.79 Å². The zero-order chi connectivity index (χ0) is 20.2. The van der Waals surface area contributed by atoms with Crippen LogP contribution in [0.3, 0.4) is 0 Å². The van der Waals surface area contributed by atoms with Gasteiger partial charge in [0.15, 0.2) is 0 Å². The van der Waals surface area contributed by atoms with Crippen molar-refractivity contribution in [2.24, 2.45) is 0 Å². The van der Waals surface area contributed by atoms with Gasteiger partial charge in [-0.25, -0.2) is 0 Å². The smallest absolute Gasteiger partial charge is 0.225 e. The van der Waals surface area contributed by atoms with E-state index >= 15 is 0 Å². The number of fused-ring (bicyclic) bond motifs is 1. The lowest BCUT2D eigenvalue weighted by molar-refractivity contribution is -0.121. The van der Waals surface area contributed by atoms with Crippen LogP contribution in [0.2, 0.25) is 0 Å². The van der Waals surface area contributed by atoms with Crippen LogP contribution >= 0.6 is 0 Å². The third kappa shape index (κ3) is 4.52. The van der Waals surface area contributed by atoms with Crippen molar-refractivity contribution in [2.75, 3.05) is 32.8 Å². The molecule has 2 heterocycles. The van der Waals surface area contributed by atoms with Crippen molar-refractivity contribution in [1.29, 1.82) is 0 Å². The molecule has 1 saturated heterocycles. The number of benzene rings is 2. The number of carbonyl (C=O) groups excluding carboxylic acids is 1. The van der Waals surface area contributed by atoms with Gasteiger partial charge in [0.05, 0.1) is 31.9 Å². The van der Waals surface area contributed by atoms with Crippen LogP contribution in [0.25, 0.3) is 11.0 Å². The summed E-state index contributed by atoms with van der Waals surface area (Å²) in [6, 6.07) is 14.3. The Hall–Kier alpha value is -2.63. The summed E-state index contributed by atoms with van der Waals surface area (Å²) in [5.74, 6) is 0.00744. The number of nitrogens with zero attached hydrogens (tertiary/aromatic N) is 1. The molecular weight excluding hydrogens is 364 g/mol. The van der Waals surface area contributed by atoms with E-state index in [1.54, 1.807) is 6.26 Å². The van der Waals surface area contributed by atoms with Gasteiger partial charge in [-0.2, -0.15) is 0 Å². The van der Waals surface area contributed by atoms with Crippen molar-refractivity contribution in [3.05, 3.63) is 71.0 Å². The molecule has 1 aromatic heterocycles. The molecule has 2 aromatic carbocycles. The molecule has 0 aliphatic carbocycles. The lowest BCUT2D eigenvalue weighted by Gasteiger charge is -2.31. The van der Waals surface area contributed by atoms with Gasteiger partial charge >= 0.3 is 0 Å². The minimum atomic E-state index is -0.0519. The number of hydrogen-bond acceptors (Lipinski definition) is 4. The molecule has 1 fully saturated rings. The van der Waals surface area contributed by atoms with Crippen LogP contribution in [0.1, 0.15) is 28.3 Å². The highest BCUT2D eigenvalue weighted by molar-refractivity contribution is 5.89. The van der Waals surface area contributed by atoms with Crippen LogP contribution in [-0.2, 0) is 16.0 Å². The van der Waals surface area contributed by atoms with Crippen molar-refractivity contribution in [1.82, 2.24) is 10.2 Å². The number of nitrogens with one attached hydrogen (secondary N) is 1. The maximum atomic E-state index is 12.9. The van der Waals surface area contributed by atoms with Crippen molar-refractivity contribution < 1.29 is 13.9 Å². The van der Waals surface area contributed by atoms with E-state index in [2.05, 4.69) is 42.3 Å². The average Bonchev–Trinajstić information content (AvgIpc) is 3.15. The van der Waals surface area contributed by atoms with Crippen LogP contribution in [0.5, 0.6) is 0 Å². The van der Waals surface area contributed by atoms with Gasteiger partial charge in [-0.05, 0) is 30.5 Å². The van der Waals surface area contributed by atoms with E-state index in [0.717, 1.165) is 60.5 Å². The molecule has 1 unspecified atom stereocenters. The predicted molar refractivity (Wildman–Crippen MR) is 114 cm³/mol. The Morgan fingerprint density at radius 2 is 1.86 bits per heavy atom. The van der Waals surface area contributed by atoms with Gasteiger partial charge < -0.3 is 14.5 Å². The Morgan fingerprint density at radius 3 is 2.62 bits per heavy atom. The summed E-state index contributed by atoms with van der Waals surface area (Å²) < 4.78 is 11.2. The van der Waals surface area contributed by atoms with E-state index in [1.807, 2.05) is 24.3 Å². The second-order valence-electron chi connectivity index (χ2n) is 7.77. The topological polar surface area (TPSA) is 54.7 Å². The maximum Gasteiger partial charge on any atom is 0.225 e. The fraction of sp³-hybridized carbons (Fsp3) is 0.375. The van der Waals surface area contributed by atoms with Gasteiger partial charge in [0.25, 0.3) is 0 Å². The van der Waals surface area contributed by atoms with Crippen molar-refractivity contribution in [2.45, 2.75) is 26.3 Å². The first-order valence-corrected chi connectivity index (χ1v) is 10.2. The minimum absolute atomic E-state index is 0.00744. The fourth-order valence-corrected chi connectivity index (χ4v) is 3.91. The Morgan fingerprint density at radius 1 is 1.10 bits per heavy atom. The van der Waals surface area contributed by atoms with Crippen molar-refractivity contribution >= 4 is 16.9 Å². The minimum Gasteiger partial charge on any atom is -0.464 e. The van der Waals surface area contributed by atoms with Gasteiger partial charge in [0, 0.05) is 30.6 Å². The normalized spacial score (nSPS) is 16.1. The number of carbonyl (C=O) groups is 1. The molecule has 1 atom stereocenters. The molecule has 1 aliphatic rings. The zero-order valence-electron chi connectivity index (χ0n) is 17.1. The number of hydrogen-bond donors (Lipinski definition) is 1. The molecule has 1 N–H and O–H groups in total. The Kier molecular flexibility index (Phi) is 5.97. The molecule has 5 heteroatoms. The summed E-state index contributed by atoms with van der Waals surface area (Å²) in [5.41, 5.74) is 5.25. The molecule has 0 radical (unpaired) electrons. The Balaban J connectivity index is 1.50. The lowest BCUT2D eigenvalue weighted by Crippen LogP contribution is -2.43. The summed E-state index contributed by atoms with van der Waals surface area (Å²) in [7, 11) is 0. The lowest BCUT2D eigenvalue weighted by atomic mass is 10.0. The van der Waals surface area contributed by atoms with Crippen LogP contribution < -0.4 is 5.32 Å². The summed E-state index contributed by atoms with van der Waals surface area (Å²) in [5, 5.41) is 4.27. The number of ether oxygens (including phenoxy) is 1. The molecule has 5 nitrogen and oxygen atoms in total. The summed E-state index contributed by atoms with van der Waals surface area (Å²) in [6.07, 6.45) is 2.03. The van der Waals surface area contributed by atoms with E-state index in [0.29, 0.717) is 6.42 Å². The third-order valence-electron chi connectivity index (χ3n) is 5.77. The number of furan rings is 1. The molecule has 0 bridgehead atoms. The van der Waals surface area contributed by atoms with Gasteiger partial charge in [-0.1, -0.05) is 42.5 Å². The highest BCUT2D eigenvalue weighted by Crippen LogP contribution is 2.27. The third-order valence-corrected chi connectivity index (χ3v) is 5.77. The van der Waals surface area contributed by atoms with E-state index in [-0.39, 0.29) is 11.9 Å². The summed E-state index contributed by atoms with van der Waals surface area (Å²) in [6.45, 7) is 8.18. The first-order valence-electron chi connectivity index (χ1n) is 10.2. The largest absolute Gasteiger partial charge is 0.464 e. The first-order chi connectivity index (χ1) is 14.1. The number of amides is 1. The van der Waals surface area contributed by atoms with Gasteiger partial charge in [-0.3, -0.25) is 9.69 Å². The van der Waals surface area contributed by atoms with Crippen molar-refractivity contribution in [3.63, 3.8) is 0 Å². The summed E-state index contributed by atoms with van der Waals surface area (Å²) in [4.78, 5) is 15.3. The van der Waals surface area contributed by atoms with Gasteiger partial charge in [-0.15, -0.1) is 0 Å². The molecule has 4 rings (SSSR count). The van der Waals surface area contributed by atoms with Crippen LogP contribution in [0, 0.1) is 13.8 Å². The molecule has 0 spiro atoms. The second kappa shape index (κ2) is 8.80. The SMILES string of the molecule is Cc1ccc2c(CC(=O)NC(CN3CCOCC3)c3ccccc3)coc2c1C. The van der Waals surface area contributed by atoms with Gasteiger partial charge in [0.1, 0.15) is 5.58 Å². The van der Waals surface area contributed by atoms with Crippen LogP contribution in [0.4, 0.5) is 0 Å². The van der Waals surface area contributed by atoms with E-state index in [4.69, 9.17) is 9.15 Å². The number of morpholine rings is 1. The summed E-state index contributed by atoms with van der Waals surface area (Å²) >= 11 is 0. The highest BCUT2D eigenvalue weighted by Gasteiger charge is 2.21. The van der Waals surface area contributed by atoms with Crippen LogP contribution in [0.15, 0.2) is 53.1 Å². The second-order valence-corrected chi connectivity index (χ2v) is 7.77. The fourth-order valence-electron chi connectivity index (χ4n) is 3.91. The quantitative estimate of drug-likeness (QED) is 0.694. The molecule has 1 aliphatic heterocycles. The molecule has 1 amide bonds. The Bertz CT molecular complexity index is 974. The Labute approximate surface area is 171 Å². The molecule has 29 heavy (non-hydrogen) atoms. The zero-order valence-corrected chi connectivity index (χ0v) is 17.1. The first kappa shape index (κ1) is 19.7. The highest BCUT2D eigenvalue weighted by atomic mass is 16.5. The molecular formula is C24H28N2O3. The molecule has 3 aromatic rings. The monoisotopic (exact) mass is 392 g/mol. The van der Waals surface area contributed by atoms with Crippen molar-refractivity contribution in [3.8, 4) is 0 Å². The average molecular weight is 392 g/mol. The van der Waals surface area contributed by atoms with E-state index in [1.165, 1.54) is 5.56 Å². The molecule has 0 saturated carbocycles.